The van der Waals surface area contributed by atoms with Gasteiger partial charge >= 0.3 is 0 Å². The van der Waals surface area contributed by atoms with E-state index in [-0.39, 0.29) is 5.91 Å². The summed E-state index contributed by atoms with van der Waals surface area (Å²) in [6.07, 6.45) is 17.8. The molecule has 0 aromatic rings. The summed E-state index contributed by atoms with van der Waals surface area (Å²) in [4.78, 5) is 11.7. The summed E-state index contributed by atoms with van der Waals surface area (Å²) in [5.74, 6) is 5.26. The maximum Gasteiger partial charge on any atom is 0.246 e. The van der Waals surface area contributed by atoms with Crippen LogP contribution in [-0.2, 0) is 9.53 Å². The van der Waals surface area contributed by atoms with Gasteiger partial charge in [0.25, 0.3) is 0 Å². The van der Waals surface area contributed by atoms with Gasteiger partial charge in [-0.05, 0) is 105 Å². The van der Waals surface area contributed by atoms with Gasteiger partial charge in [-0.3, -0.25) is 4.79 Å². The van der Waals surface area contributed by atoms with Crippen LogP contribution in [0.2, 0.25) is 0 Å². The van der Waals surface area contributed by atoms with Crippen LogP contribution in [-0.4, -0.2) is 25.2 Å². The average molecular weight is 498 g/mol. The Balaban J connectivity index is 1.35. The summed E-state index contributed by atoms with van der Waals surface area (Å²) >= 11 is 0. The van der Waals surface area contributed by atoms with Crippen LogP contribution in [0, 0.1) is 46.3 Å². The Morgan fingerprint density at radius 3 is 2.61 bits per heavy atom. The number of ether oxygens (including phenoxy) is 1. The van der Waals surface area contributed by atoms with Crippen molar-refractivity contribution in [1.82, 2.24) is 5.32 Å². The zero-order valence-electron chi connectivity index (χ0n) is 24.3. The zero-order valence-corrected chi connectivity index (χ0v) is 24.3. The lowest BCUT2D eigenvalue weighted by molar-refractivity contribution is -0.117. The molecule has 4 rings (SSSR count). The highest BCUT2D eigenvalue weighted by Gasteiger charge is 2.59. The van der Waals surface area contributed by atoms with Crippen LogP contribution in [0.5, 0.6) is 0 Å². The van der Waals surface area contributed by atoms with Crippen molar-refractivity contribution in [3.8, 4) is 0 Å². The van der Waals surface area contributed by atoms with Crippen LogP contribution in [0.4, 0.5) is 0 Å². The first-order valence-corrected chi connectivity index (χ1v) is 15.3. The maximum atomic E-state index is 11.7. The van der Waals surface area contributed by atoms with Gasteiger partial charge < -0.3 is 10.1 Å². The minimum absolute atomic E-state index is 0.0701. The van der Waals surface area contributed by atoms with E-state index in [0.717, 1.165) is 48.3 Å². The van der Waals surface area contributed by atoms with Gasteiger partial charge in [0.2, 0.25) is 5.91 Å². The largest absolute Gasteiger partial charge is 0.376 e. The number of carbonyl (C=O) groups is 1. The molecule has 0 radical (unpaired) electrons. The number of hydrogen-bond donors (Lipinski definition) is 1. The minimum atomic E-state index is -0.0701. The molecule has 0 spiro atoms. The van der Waals surface area contributed by atoms with Gasteiger partial charge in [0.1, 0.15) is 0 Å². The summed E-state index contributed by atoms with van der Waals surface area (Å²) in [6.45, 7) is 19.2. The van der Waals surface area contributed by atoms with Gasteiger partial charge in [-0.1, -0.05) is 72.1 Å². The summed E-state index contributed by atoms with van der Waals surface area (Å²) in [6, 6.07) is 0. The highest BCUT2D eigenvalue weighted by molar-refractivity contribution is 5.92. The second kappa shape index (κ2) is 11.3. The Labute approximate surface area is 222 Å². The lowest BCUT2D eigenvalue weighted by Gasteiger charge is -2.58. The smallest absolute Gasteiger partial charge is 0.246 e. The quantitative estimate of drug-likeness (QED) is 0.188. The number of rotatable bonds is 10. The predicted molar refractivity (Wildman–Crippen MR) is 151 cm³/mol. The molecule has 4 aliphatic carbocycles. The topological polar surface area (TPSA) is 38.3 Å². The molecule has 0 saturated heterocycles. The Hall–Kier alpha value is -1.09. The van der Waals surface area contributed by atoms with Crippen molar-refractivity contribution >= 4 is 5.91 Å². The van der Waals surface area contributed by atoms with E-state index in [1.54, 1.807) is 12.5 Å². The van der Waals surface area contributed by atoms with E-state index >= 15 is 0 Å². The molecule has 0 heterocycles. The number of nitrogens with one attached hydrogen (secondary N) is 1. The fourth-order valence-corrected chi connectivity index (χ4v) is 9.34. The maximum absolute atomic E-state index is 11.7. The van der Waals surface area contributed by atoms with E-state index in [0.29, 0.717) is 35.7 Å². The van der Waals surface area contributed by atoms with Gasteiger partial charge in [0.15, 0.2) is 0 Å². The molecule has 1 amide bonds. The fraction of sp³-hybridized carbons (Fsp3) is 0.848. The molecule has 0 aromatic carbocycles. The van der Waals surface area contributed by atoms with Crippen LogP contribution in [0.1, 0.15) is 112 Å². The van der Waals surface area contributed by atoms with Crippen molar-refractivity contribution in [2.24, 2.45) is 46.3 Å². The highest BCUT2D eigenvalue weighted by Crippen LogP contribution is 2.67. The molecule has 1 N–H and O–H groups in total. The summed E-state index contributed by atoms with van der Waals surface area (Å²) in [7, 11) is 0. The molecule has 204 valence electrons. The highest BCUT2D eigenvalue weighted by atomic mass is 16.5. The van der Waals surface area contributed by atoms with E-state index in [1.165, 1.54) is 57.8 Å². The second-order valence-electron chi connectivity index (χ2n) is 14.1. The third kappa shape index (κ3) is 5.52. The second-order valence-corrected chi connectivity index (χ2v) is 14.1. The van der Waals surface area contributed by atoms with E-state index in [2.05, 4.69) is 52.6 Å². The van der Waals surface area contributed by atoms with E-state index < -0.39 is 0 Å². The zero-order chi connectivity index (χ0) is 26.1. The monoisotopic (exact) mass is 497 g/mol. The van der Waals surface area contributed by atoms with Crippen molar-refractivity contribution < 1.29 is 9.53 Å². The first kappa shape index (κ1) is 27.9. The van der Waals surface area contributed by atoms with Crippen LogP contribution in [0.3, 0.4) is 0 Å². The van der Waals surface area contributed by atoms with Gasteiger partial charge in [-0.2, -0.15) is 0 Å². The predicted octanol–water partition coefficient (Wildman–Crippen LogP) is 8.11. The standard InChI is InChI=1S/C33H55NO2/c1-22(2)9-8-10-24(5)28-13-14-29-27-12-11-25-21-26(36-20-19-34-31(35)23(3)4)15-17-32(25,6)30(27)16-18-33(28,29)7/h11,22,24,26-30H,3,8-10,12-21H2,1-2,4-7H3,(H,34,35)/t24-,26+,27?,28-,29?,30?,32+,33-/m1/s1. The molecule has 8 atom stereocenters. The molecule has 3 fully saturated rings. The van der Waals surface area contributed by atoms with Crippen molar-refractivity contribution in [2.45, 2.75) is 118 Å². The number of amides is 1. The van der Waals surface area contributed by atoms with Crippen LogP contribution in [0.25, 0.3) is 0 Å². The van der Waals surface area contributed by atoms with Crippen LogP contribution in [0.15, 0.2) is 23.8 Å². The van der Waals surface area contributed by atoms with Crippen molar-refractivity contribution in [1.29, 1.82) is 0 Å². The lowest BCUT2D eigenvalue weighted by Crippen LogP contribution is -2.51. The van der Waals surface area contributed by atoms with Crippen molar-refractivity contribution in [3.05, 3.63) is 23.8 Å². The molecule has 3 unspecified atom stereocenters. The number of carbonyl (C=O) groups excluding carboxylic acids is 1. The van der Waals surface area contributed by atoms with E-state index in [4.69, 9.17) is 4.74 Å². The van der Waals surface area contributed by atoms with Crippen molar-refractivity contribution in [2.75, 3.05) is 13.2 Å². The van der Waals surface area contributed by atoms with Gasteiger partial charge in [-0.25, -0.2) is 0 Å². The molecule has 3 saturated carbocycles. The molecule has 3 nitrogen and oxygen atoms in total. The first-order chi connectivity index (χ1) is 17.1. The van der Waals surface area contributed by atoms with Gasteiger partial charge in [-0.15, -0.1) is 0 Å². The fourth-order valence-electron chi connectivity index (χ4n) is 9.34. The SMILES string of the molecule is C=C(C)C(=O)NCCO[C@H]1CC[C@@]2(C)C(=CCC3C2CC[C@@]2(C)C3CC[C@@H]2[C@H](C)CCCC(C)C)C1. The van der Waals surface area contributed by atoms with Crippen LogP contribution < -0.4 is 5.32 Å². The number of fused-ring (bicyclic) bond motifs is 5. The third-order valence-corrected chi connectivity index (χ3v) is 11.4. The van der Waals surface area contributed by atoms with Crippen LogP contribution >= 0.6 is 0 Å². The Kier molecular flexibility index (Phi) is 8.80. The summed E-state index contributed by atoms with van der Waals surface area (Å²) in [5.41, 5.74) is 3.18. The molecule has 4 aliphatic rings. The number of allylic oxidation sites excluding steroid dienone is 1. The molecular formula is C33H55NO2. The molecule has 0 aliphatic heterocycles. The van der Waals surface area contributed by atoms with E-state index in [9.17, 15) is 4.79 Å². The summed E-state index contributed by atoms with van der Waals surface area (Å²) in [5, 5.41) is 2.90. The normalized spacial score (nSPS) is 38.5. The molecular weight excluding hydrogens is 442 g/mol. The van der Waals surface area contributed by atoms with Gasteiger partial charge in [0.05, 0.1) is 12.7 Å². The average Bonchev–Trinajstić information content (AvgIpc) is 3.18. The van der Waals surface area contributed by atoms with E-state index in [1.807, 2.05) is 0 Å². The summed E-state index contributed by atoms with van der Waals surface area (Å²) < 4.78 is 6.23. The Morgan fingerprint density at radius 2 is 1.89 bits per heavy atom. The Bertz CT molecular complexity index is 830. The molecule has 3 heteroatoms. The molecule has 0 aromatic heterocycles. The molecule has 36 heavy (non-hydrogen) atoms. The number of hydrogen-bond acceptors (Lipinski definition) is 2. The van der Waals surface area contributed by atoms with Gasteiger partial charge in [0, 0.05) is 12.1 Å². The Morgan fingerprint density at radius 1 is 1.11 bits per heavy atom. The minimum Gasteiger partial charge on any atom is -0.376 e. The third-order valence-electron chi connectivity index (χ3n) is 11.4. The van der Waals surface area contributed by atoms with Crippen molar-refractivity contribution in [3.63, 3.8) is 0 Å². The lowest BCUT2D eigenvalue weighted by atomic mass is 9.47. The molecule has 0 bridgehead atoms. The first-order valence-electron chi connectivity index (χ1n) is 15.3.